The number of hydrogen-bond acceptors (Lipinski definition) is 1. The highest BCUT2D eigenvalue weighted by molar-refractivity contribution is 5.76. The molecule has 0 bridgehead atoms. The molecule has 0 N–H and O–H groups in total. The SMILES string of the molecule is CCCCCc1ccc(COc2ccc3c(c2F)C(F)C(F)c2c-3ccc(CCC)c2F)c(F)c1F. The first-order valence-electron chi connectivity index (χ1n) is 12.3. The molecule has 7 heteroatoms. The highest BCUT2D eigenvalue weighted by Gasteiger charge is 2.39. The largest absolute Gasteiger partial charge is 0.486 e. The van der Waals surface area contributed by atoms with E-state index < -0.39 is 59.1 Å². The molecule has 1 aliphatic rings. The second-order valence-electron chi connectivity index (χ2n) is 9.15. The first-order valence-corrected chi connectivity index (χ1v) is 12.3. The molecule has 0 fully saturated rings. The third-order valence-corrected chi connectivity index (χ3v) is 6.70. The van der Waals surface area contributed by atoms with Gasteiger partial charge in [0, 0.05) is 16.7 Å². The minimum atomic E-state index is -2.45. The Morgan fingerprint density at radius 3 is 1.83 bits per heavy atom. The maximum Gasteiger partial charge on any atom is 0.171 e. The molecular weight excluding hydrogens is 478 g/mol. The minimum absolute atomic E-state index is 0.0341. The Balaban J connectivity index is 1.62. The van der Waals surface area contributed by atoms with E-state index in [-0.39, 0.29) is 27.8 Å². The van der Waals surface area contributed by atoms with E-state index >= 15 is 13.2 Å². The molecule has 192 valence electrons. The number of rotatable bonds is 9. The lowest BCUT2D eigenvalue weighted by Gasteiger charge is -2.28. The highest BCUT2D eigenvalue weighted by Crippen LogP contribution is 2.51. The van der Waals surface area contributed by atoms with Crippen LogP contribution in [0.1, 0.15) is 79.7 Å². The zero-order valence-electron chi connectivity index (χ0n) is 20.2. The summed E-state index contributed by atoms with van der Waals surface area (Å²) in [5, 5.41) is 0. The molecule has 1 aliphatic carbocycles. The topological polar surface area (TPSA) is 9.23 Å². The predicted molar refractivity (Wildman–Crippen MR) is 127 cm³/mol. The van der Waals surface area contributed by atoms with Crippen molar-refractivity contribution in [3.63, 3.8) is 0 Å². The first kappa shape index (κ1) is 26.1. The van der Waals surface area contributed by atoms with Gasteiger partial charge in [-0.1, -0.05) is 63.4 Å². The average Bonchev–Trinajstić information content (AvgIpc) is 2.86. The Hall–Kier alpha value is -2.96. The molecule has 3 aromatic carbocycles. The minimum Gasteiger partial charge on any atom is -0.486 e. The number of ether oxygens (including phenoxy) is 1. The fraction of sp³-hybridized carbons (Fsp3) is 0.379. The van der Waals surface area contributed by atoms with Crippen LogP contribution in [-0.4, -0.2) is 0 Å². The van der Waals surface area contributed by atoms with Crippen LogP contribution in [0.4, 0.5) is 26.3 Å². The lowest BCUT2D eigenvalue weighted by atomic mass is 9.81. The van der Waals surface area contributed by atoms with Gasteiger partial charge in [0.15, 0.2) is 35.5 Å². The van der Waals surface area contributed by atoms with Crippen LogP contribution in [0.2, 0.25) is 0 Å². The normalized spacial score (nSPS) is 16.6. The highest BCUT2D eigenvalue weighted by atomic mass is 19.2. The molecule has 2 atom stereocenters. The molecule has 0 saturated carbocycles. The van der Waals surface area contributed by atoms with Gasteiger partial charge in [0.05, 0.1) is 0 Å². The van der Waals surface area contributed by atoms with E-state index in [0.717, 1.165) is 19.3 Å². The third-order valence-electron chi connectivity index (χ3n) is 6.70. The van der Waals surface area contributed by atoms with Gasteiger partial charge in [0.25, 0.3) is 0 Å². The van der Waals surface area contributed by atoms with Gasteiger partial charge < -0.3 is 4.74 Å². The van der Waals surface area contributed by atoms with Crippen LogP contribution >= 0.6 is 0 Å². The monoisotopic (exact) mass is 506 g/mol. The smallest absolute Gasteiger partial charge is 0.171 e. The molecule has 0 amide bonds. The van der Waals surface area contributed by atoms with E-state index in [0.29, 0.717) is 19.3 Å². The fourth-order valence-corrected chi connectivity index (χ4v) is 4.74. The Bertz CT molecular complexity index is 1260. The second kappa shape index (κ2) is 11.0. The van der Waals surface area contributed by atoms with Gasteiger partial charge in [0.2, 0.25) is 0 Å². The van der Waals surface area contributed by atoms with E-state index in [2.05, 4.69) is 0 Å². The number of hydrogen-bond donors (Lipinski definition) is 0. The van der Waals surface area contributed by atoms with Gasteiger partial charge in [-0.3, -0.25) is 0 Å². The van der Waals surface area contributed by atoms with Crippen molar-refractivity contribution in [2.75, 3.05) is 0 Å². The zero-order valence-corrected chi connectivity index (χ0v) is 20.2. The Labute approximate surface area is 207 Å². The van der Waals surface area contributed by atoms with E-state index in [9.17, 15) is 13.2 Å². The number of benzene rings is 3. The van der Waals surface area contributed by atoms with Crippen molar-refractivity contribution in [2.45, 2.75) is 71.3 Å². The molecule has 4 rings (SSSR count). The Morgan fingerprint density at radius 1 is 0.611 bits per heavy atom. The molecule has 1 nitrogen and oxygen atoms in total. The van der Waals surface area contributed by atoms with E-state index in [4.69, 9.17) is 4.74 Å². The van der Waals surface area contributed by atoms with E-state index in [1.54, 1.807) is 0 Å². The van der Waals surface area contributed by atoms with Crippen LogP contribution in [0.15, 0.2) is 36.4 Å². The van der Waals surface area contributed by atoms with Crippen LogP contribution in [0.3, 0.4) is 0 Å². The van der Waals surface area contributed by atoms with Crippen molar-refractivity contribution in [3.8, 4) is 16.9 Å². The van der Waals surface area contributed by atoms with Crippen molar-refractivity contribution in [1.82, 2.24) is 0 Å². The summed E-state index contributed by atoms with van der Waals surface area (Å²) in [4.78, 5) is 0. The van der Waals surface area contributed by atoms with Gasteiger partial charge in [-0.05, 0) is 47.6 Å². The van der Waals surface area contributed by atoms with Gasteiger partial charge in [-0.2, -0.15) is 0 Å². The first-order chi connectivity index (χ1) is 17.3. The predicted octanol–water partition coefficient (Wildman–Crippen LogP) is 9.21. The third kappa shape index (κ3) is 4.72. The van der Waals surface area contributed by atoms with Gasteiger partial charge in [-0.25, -0.2) is 26.3 Å². The summed E-state index contributed by atoms with van der Waals surface area (Å²) in [7, 11) is 0. The summed E-state index contributed by atoms with van der Waals surface area (Å²) >= 11 is 0. The molecule has 2 unspecified atom stereocenters. The Morgan fingerprint density at radius 2 is 1.17 bits per heavy atom. The standard InChI is InChI=1S/C29H28F6O/c1-3-5-6-8-17-9-10-18(26(32)25(17)31)15-36-21-14-13-20-19-12-11-16(7-4-2)24(30)22(19)28(34)29(35)23(20)27(21)33/h9-14,28-29H,3-8,15H2,1-2H3. The molecule has 0 heterocycles. The zero-order chi connectivity index (χ0) is 26.0. The number of aryl methyl sites for hydroxylation is 2. The summed E-state index contributed by atoms with van der Waals surface area (Å²) in [6.45, 7) is 3.35. The van der Waals surface area contributed by atoms with Crippen molar-refractivity contribution >= 4 is 0 Å². The molecule has 0 spiro atoms. The van der Waals surface area contributed by atoms with Crippen LogP contribution in [0, 0.1) is 23.3 Å². The molecule has 0 aromatic heterocycles. The fourth-order valence-electron chi connectivity index (χ4n) is 4.74. The maximum absolute atomic E-state index is 15.3. The van der Waals surface area contributed by atoms with Crippen LogP contribution in [-0.2, 0) is 19.4 Å². The molecule has 36 heavy (non-hydrogen) atoms. The molecule has 0 saturated heterocycles. The van der Waals surface area contributed by atoms with Crippen molar-refractivity contribution in [1.29, 1.82) is 0 Å². The summed E-state index contributed by atoms with van der Waals surface area (Å²) in [6, 6.07) is 8.35. The summed E-state index contributed by atoms with van der Waals surface area (Å²) in [5.41, 5.74) is -0.459. The summed E-state index contributed by atoms with van der Waals surface area (Å²) in [5.74, 6) is -4.44. The number of unbranched alkanes of at least 4 members (excludes halogenated alkanes) is 2. The maximum atomic E-state index is 15.3. The lowest BCUT2D eigenvalue weighted by Crippen LogP contribution is -2.16. The Kier molecular flexibility index (Phi) is 7.96. The van der Waals surface area contributed by atoms with Gasteiger partial charge >= 0.3 is 0 Å². The van der Waals surface area contributed by atoms with Crippen molar-refractivity contribution < 1.29 is 31.1 Å². The quantitative estimate of drug-likeness (QED) is 0.208. The van der Waals surface area contributed by atoms with Crippen LogP contribution in [0.5, 0.6) is 5.75 Å². The number of alkyl halides is 2. The van der Waals surface area contributed by atoms with Gasteiger partial charge in [-0.15, -0.1) is 0 Å². The molecule has 0 radical (unpaired) electrons. The average molecular weight is 507 g/mol. The van der Waals surface area contributed by atoms with E-state index in [1.165, 1.54) is 36.4 Å². The summed E-state index contributed by atoms with van der Waals surface area (Å²) < 4.78 is 94.7. The number of fused-ring (bicyclic) bond motifs is 3. The molecule has 0 aliphatic heterocycles. The second-order valence-corrected chi connectivity index (χ2v) is 9.15. The molecule has 3 aromatic rings. The van der Waals surface area contributed by atoms with Gasteiger partial charge in [0.1, 0.15) is 12.4 Å². The van der Waals surface area contributed by atoms with Crippen LogP contribution in [0.25, 0.3) is 11.1 Å². The lowest BCUT2D eigenvalue weighted by molar-refractivity contribution is 0.158. The van der Waals surface area contributed by atoms with Crippen molar-refractivity contribution in [2.24, 2.45) is 0 Å². The van der Waals surface area contributed by atoms with E-state index in [1.807, 2.05) is 13.8 Å². The molecular formula is C29H28F6O. The van der Waals surface area contributed by atoms with Crippen LogP contribution < -0.4 is 4.74 Å². The van der Waals surface area contributed by atoms with Crippen molar-refractivity contribution in [3.05, 3.63) is 87.5 Å². The summed E-state index contributed by atoms with van der Waals surface area (Å²) in [6.07, 6.45) is -0.851. The number of halogens is 6.